The Kier molecular flexibility index (Phi) is 9.76. The van der Waals surface area contributed by atoms with Crippen molar-refractivity contribution in [3.63, 3.8) is 0 Å². The van der Waals surface area contributed by atoms with E-state index >= 15 is 0 Å². The summed E-state index contributed by atoms with van der Waals surface area (Å²) in [5, 5.41) is 5.88. The van der Waals surface area contributed by atoms with Gasteiger partial charge in [-0.25, -0.2) is 0 Å². The number of nitrogens with one attached hydrogen (secondary N) is 2. The van der Waals surface area contributed by atoms with E-state index in [1.165, 1.54) is 0 Å². The number of hydrogen-bond donors (Lipinski definition) is 2. The number of benzene rings is 2. The number of unbranched alkanes of at least 4 members (excludes halogenated alkanes) is 2. The van der Waals surface area contributed by atoms with Crippen molar-refractivity contribution in [3.05, 3.63) is 65.7 Å². The lowest BCUT2D eigenvalue weighted by Gasteiger charge is -2.21. The SMILES string of the molecule is CCCCC(=O)NC(NC(=O)CCCC)c1ccc(OCc2ccccc2)cc1. The highest BCUT2D eigenvalue weighted by atomic mass is 16.5. The van der Waals surface area contributed by atoms with Gasteiger partial charge in [-0.3, -0.25) is 9.59 Å². The largest absolute Gasteiger partial charge is 0.489 e. The predicted molar refractivity (Wildman–Crippen MR) is 115 cm³/mol. The third kappa shape index (κ3) is 8.38. The summed E-state index contributed by atoms with van der Waals surface area (Å²) in [7, 11) is 0. The van der Waals surface area contributed by atoms with E-state index < -0.39 is 6.17 Å². The van der Waals surface area contributed by atoms with E-state index in [1.807, 2.05) is 68.4 Å². The van der Waals surface area contributed by atoms with Gasteiger partial charge in [0.05, 0.1) is 0 Å². The molecule has 29 heavy (non-hydrogen) atoms. The second kappa shape index (κ2) is 12.6. The average Bonchev–Trinajstić information content (AvgIpc) is 2.75. The molecule has 0 spiro atoms. The van der Waals surface area contributed by atoms with Crippen LogP contribution in [0.25, 0.3) is 0 Å². The molecule has 0 unspecified atom stereocenters. The van der Waals surface area contributed by atoms with Gasteiger partial charge in [-0.15, -0.1) is 0 Å². The maximum absolute atomic E-state index is 12.2. The molecule has 0 radical (unpaired) electrons. The highest BCUT2D eigenvalue weighted by Crippen LogP contribution is 2.18. The molecular formula is C24H32N2O3. The highest BCUT2D eigenvalue weighted by molar-refractivity contribution is 5.79. The van der Waals surface area contributed by atoms with Crippen molar-refractivity contribution < 1.29 is 14.3 Å². The molecule has 156 valence electrons. The van der Waals surface area contributed by atoms with Gasteiger partial charge in [-0.05, 0) is 36.1 Å². The normalized spacial score (nSPS) is 10.6. The van der Waals surface area contributed by atoms with E-state index in [4.69, 9.17) is 4.74 Å². The van der Waals surface area contributed by atoms with Gasteiger partial charge in [-0.1, -0.05) is 69.2 Å². The van der Waals surface area contributed by atoms with Crippen molar-refractivity contribution in [3.8, 4) is 5.75 Å². The van der Waals surface area contributed by atoms with E-state index in [-0.39, 0.29) is 11.8 Å². The van der Waals surface area contributed by atoms with Crippen LogP contribution in [0.4, 0.5) is 0 Å². The lowest BCUT2D eigenvalue weighted by molar-refractivity contribution is -0.124. The summed E-state index contributed by atoms with van der Waals surface area (Å²) in [6.45, 7) is 4.59. The smallest absolute Gasteiger partial charge is 0.221 e. The Labute approximate surface area is 173 Å². The van der Waals surface area contributed by atoms with Gasteiger partial charge in [0.1, 0.15) is 18.5 Å². The number of ether oxygens (including phenoxy) is 1. The van der Waals surface area contributed by atoms with Gasteiger partial charge in [0.2, 0.25) is 11.8 Å². The minimum absolute atomic E-state index is 0.0583. The first-order valence-electron chi connectivity index (χ1n) is 10.5. The standard InChI is InChI=1S/C24H32N2O3/c1-3-5-12-22(27)25-24(26-23(28)13-6-4-2)20-14-16-21(17-15-20)29-18-19-10-8-7-9-11-19/h7-11,14-17,24H,3-6,12-13,18H2,1-2H3,(H,25,27)(H,26,28). The summed E-state index contributed by atoms with van der Waals surface area (Å²) in [5.41, 5.74) is 1.92. The van der Waals surface area contributed by atoms with Crippen LogP contribution in [-0.4, -0.2) is 11.8 Å². The Bertz CT molecular complexity index is 722. The minimum Gasteiger partial charge on any atom is -0.489 e. The van der Waals surface area contributed by atoms with Gasteiger partial charge in [0.15, 0.2) is 0 Å². The number of hydrogen-bond acceptors (Lipinski definition) is 3. The zero-order valence-corrected chi connectivity index (χ0v) is 17.4. The Hall–Kier alpha value is -2.82. The van der Waals surface area contributed by atoms with Crippen LogP contribution in [0.1, 0.15) is 69.7 Å². The van der Waals surface area contributed by atoms with E-state index in [1.54, 1.807) is 0 Å². The van der Waals surface area contributed by atoms with Crippen LogP contribution in [0.2, 0.25) is 0 Å². The highest BCUT2D eigenvalue weighted by Gasteiger charge is 2.17. The van der Waals surface area contributed by atoms with E-state index in [2.05, 4.69) is 10.6 Å². The van der Waals surface area contributed by atoms with Crippen LogP contribution >= 0.6 is 0 Å². The summed E-state index contributed by atoms with van der Waals surface area (Å²) in [5.74, 6) is 0.625. The van der Waals surface area contributed by atoms with E-state index in [0.29, 0.717) is 19.4 Å². The second-order valence-corrected chi connectivity index (χ2v) is 7.12. The van der Waals surface area contributed by atoms with Gasteiger partial charge >= 0.3 is 0 Å². The molecule has 0 fully saturated rings. The predicted octanol–water partition coefficient (Wildman–Crippen LogP) is 4.88. The first-order valence-corrected chi connectivity index (χ1v) is 10.5. The zero-order chi connectivity index (χ0) is 20.9. The van der Waals surface area contributed by atoms with Crippen LogP contribution in [0.3, 0.4) is 0 Å². The Morgan fingerprint density at radius 2 is 1.38 bits per heavy atom. The quantitative estimate of drug-likeness (QED) is 0.503. The molecule has 0 atom stereocenters. The molecule has 5 nitrogen and oxygen atoms in total. The maximum Gasteiger partial charge on any atom is 0.221 e. The van der Waals surface area contributed by atoms with Crippen LogP contribution in [-0.2, 0) is 16.2 Å². The molecule has 0 aromatic heterocycles. The Balaban J connectivity index is 2.01. The molecule has 5 heteroatoms. The summed E-state index contributed by atoms with van der Waals surface area (Å²) in [4.78, 5) is 24.4. The van der Waals surface area contributed by atoms with Crippen molar-refractivity contribution in [2.24, 2.45) is 0 Å². The maximum atomic E-state index is 12.2. The van der Waals surface area contributed by atoms with Crippen molar-refractivity contribution >= 4 is 11.8 Å². The lowest BCUT2D eigenvalue weighted by atomic mass is 10.1. The molecular weight excluding hydrogens is 364 g/mol. The molecule has 0 heterocycles. The molecule has 2 rings (SSSR count). The molecule has 0 aliphatic carbocycles. The fraction of sp³-hybridized carbons (Fsp3) is 0.417. The molecule has 0 bridgehead atoms. The van der Waals surface area contributed by atoms with Gasteiger partial charge in [0.25, 0.3) is 0 Å². The Morgan fingerprint density at radius 1 is 0.828 bits per heavy atom. The van der Waals surface area contributed by atoms with Crippen LogP contribution in [0, 0.1) is 0 Å². The molecule has 0 saturated carbocycles. The minimum atomic E-state index is -0.535. The third-order valence-corrected chi connectivity index (χ3v) is 4.59. The van der Waals surface area contributed by atoms with Crippen LogP contribution < -0.4 is 15.4 Å². The Morgan fingerprint density at radius 3 is 1.90 bits per heavy atom. The van der Waals surface area contributed by atoms with Crippen LogP contribution in [0.15, 0.2) is 54.6 Å². The molecule has 0 aliphatic rings. The number of amides is 2. The second-order valence-electron chi connectivity index (χ2n) is 7.12. The first-order chi connectivity index (χ1) is 14.1. The molecule has 2 amide bonds. The topological polar surface area (TPSA) is 67.4 Å². The van der Waals surface area contributed by atoms with E-state index in [9.17, 15) is 9.59 Å². The van der Waals surface area contributed by atoms with Crippen molar-refractivity contribution in [1.82, 2.24) is 10.6 Å². The molecule has 0 aliphatic heterocycles. The third-order valence-electron chi connectivity index (χ3n) is 4.59. The van der Waals surface area contributed by atoms with Crippen LogP contribution in [0.5, 0.6) is 5.75 Å². The number of carbonyl (C=O) groups excluding carboxylic acids is 2. The summed E-state index contributed by atoms with van der Waals surface area (Å²) in [6.07, 6.45) is 3.94. The monoisotopic (exact) mass is 396 g/mol. The fourth-order valence-electron chi connectivity index (χ4n) is 2.84. The fourth-order valence-corrected chi connectivity index (χ4v) is 2.84. The molecule has 2 N–H and O–H groups in total. The zero-order valence-electron chi connectivity index (χ0n) is 17.4. The van der Waals surface area contributed by atoms with Crippen molar-refractivity contribution in [2.45, 2.75) is 65.1 Å². The molecule has 2 aromatic rings. The first kappa shape index (κ1) is 22.5. The number of rotatable bonds is 12. The van der Waals surface area contributed by atoms with E-state index in [0.717, 1.165) is 42.6 Å². The average molecular weight is 397 g/mol. The van der Waals surface area contributed by atoms with Crippen molar-refractivity contribution in [2.75, 3.05) is 0 Å². The summed E-state index contributed by atoms with van der Waals surface area (Å²) in [6, 6.07) is 17.5. The lowest BCUT2D eigenvalue weighted by Crippen LogP contribution is -2.41. The van der Waals surface area contributed by atoms with Gasteiger partial charge < -0.3 is 15.4 Å². The molecule has 2 aromatic carbocycles. The van der Waals surface area contributed by atoms with Gasteiger partial charge in [-0.2, -0.15) is 0 Å². The summed E-state index contributed by atoms with van der Waals surface area (Å²) >= 11 is 0. The summed E-state index contributed by atoms with van der Waals surface area (Å²) < 4.78 is 5.82. The van der Waals surface area contributed by atoms with Crippen molar-refractivity contribution in [1.29, 1.82) is 0 Å². The molecule has 0 saturated heterocycles. The number of carbonyl (C=O) groups is 2. The van der Waals surface area contributed by atoms with Gasteiger partial charge in [0, 0.05) is 12.8 Å².